The Labute approximate surface area is 203 Å². The number of hydrogen-bond donors (Lipinski definition) is 3. The number of urea groups is 1. The van der Waals surface area contributed by atoms with Gasteiger partial charge >= 0.3 is 12.0 Å². The standard InChI is InChI=1S/C20H22N10O4S/c1-29-9-12(16(28-29)17(31)22-6-5-21)23-18(32)27-20-24-11-4-7-30(10-13(11)35-20)14-8-15(33-2)26-19(25-14)34-3/h8-9H,4,6-7,10H2,1-3H3,(H,22,31)(H2,23,24,27,32). The molecular formula is C20H22N10O4S. The van der Waals surface area contributed by atoms with Crippen molar-refractivity contribution >= 4 is 39.9 Å². The molecule has 0 spiro atoms. The maximum absolute atomic E-state index is 12.6. The Morgan fingerprint density at radius 3 is 2.80 bits per heavy atom. The van der Waals surface area contributed by atoms with Gasteiger partial charge in [-0.3, -0.25) is 14.8 Å². The fourth-order valence-electron chi connectivity index (χ4n) is 3.40. The summed E-state index contributed by atoms with van der Waals surface area (Å²) in [6.07, 6.45) is 2.16. The molecule has 15 heteroatoms. The molecule has 0 saturated carbocycles. The average Bonchev–Trinajstić information content (AvgIpc) is 3.43. The number of methoxy groups -OCH3 is 2. The Morgan fingerprint density at radius 2 is 2.06 bits per heavy atom. The molecule has 0 bridgehead atoms. The second-order valence-electron chi connectivity index (χ2n) is 7.30. The van der Waals surface area contributed by atoms with Gasteiger partial charge in [-0.05, 0) is 0 Å². The van der Waals surface area contributed by atoms with Crippen LogP contribution >= 0.6 is 11.3 Å². The summed E-state index contributed by atoms with van der Waals surface area (Å²) in [5, 5.41) is 20.8. The van der Waals surface area contributed by atoms with Gasteiger partial charge in [0.15, 0.2) is 10.8 Å². The van der Waals surface area contributed by atoms with Crippen molar-refractivity contribution in [3.63, 3.8) is 0 Å². The lowest BCUT2D eigenvalue weighted by molar-refractivity contribution is 0.0953. The maximum Gasteiger partial charge on any atom is 0.325 e. The minimum Gasteiger partial charge on any atom is -0.481 e. The number of nitrogens with one attached hydrogen (secondary N) is 3. The number of thiazole rings is 1. The summed E-state index contributed by atoms with van der Waals surface area (Å²) >= 11 is 1.35. The second kappa shape index (κ2) is 10.2. The fourth-order valence-corrected chi connectivity index (χ4v) is 4.42. The highest BCUT2D eigenvalue weighted by molar-refractivity contribution is 7.15. The Kier molecular flexibility index (Phi) is 6.92. The van der Waals surface area contributed by atoms with E-state index < -0.39 is 11.9 Å². The third-order valence-corrected chi connectivity index (χ3v) is 5.95. The van der Waals surface area contributed by atoms with E-state index in [0.717, 1.165) is 10.6 Å². The quantitative estimate of drug-likeness (QED) is 0.401. The van der Waals surface area contributed by atoms with Gasteiger partial charge in [0.2, 0.25) is 5.88 Å². The van der Waals surface area contributed by atoms with Gasteiger partial charge in [0.25, 0.3) is 5.91 Å². The first kappa shape index (κ1) is 23.7. The lowest BCUT2D eigenvalue weighted by atomic mass is 10.2. The van der Waals surface area contributed by atoms with Crippen molar-refractivity contribution in [1.82, 2.24) is 30.0 Å². The monoisotopic (exact) mass is 498 g/mol. The van der Waals surface area contributed by atoms with Gasteiger partial charge in [-0.25, -0.2) is 9.78 Å². The molecule has 1 aliphatic rings. The van der Waals surface area contributed by atoms with Crippen LogP contribution in [0, 0.1) is 11.3 Å². The minimum absolute atomic E-state index is 0.00248. The minimum atomic E-state index is -0.569. The number of aromatic nitrogens is 5. The van der Waals surface area contributed by atoms with Crippen LogP contribution < -0.4 is 30.3 Å². The third kappa shape index (κ3) is 5.38. The number of fused-ring (bicyclic) bond motifs is 1. The van der Waals surface area contributed by atoms with E-state index in [1.807, 2.05) is 6.07 Å². The van der Waals surface area contributed by atoms with Gasteiger partial charge in [-0.2, -0.15) is 20.3 Å². The number of carbonyl (C=O) groups is 2. The SMILES string of the molecule is COc1cc(N2CCc3nc(NC(=O)Nc4cn(C)nc4C(=O)NCC#N)sc3C2)nc(OC)n1. The first-order valence-electron chi connectivity index (χ1n) is 10.4. The van der Waals surface area contributed by atoms with Crippen LogP contribution in [0.1, 0.15) is 21.1 Å². The number of hydrogen-bond acceptors (Lipinski definition) is 11. The van der Waals surface area contributed by atoms with E-state index in [1.165, 1.54) is 36.4 Å². The molecule has 0 fully saturated rings. The Bertz CT molecular complexity index is 1280. The van der Waals surface area contributed by atoms with Crippen molar-refractivity contribution in [3.05, 3.63) is 28.5 Å². The molecule has 35 heavy (non-hydrogen) atoms. The van der Waals surface area contributed by atoms with Gasteiger partial charge in [0.1, 0.15) is 12.4 Å². The molecule has 0 unspecified atom stereocenters. The number of rotatable bonds is 7. The van der Waals surface area contributed by atoms with E-state index in [4.69, 9.17) is 14.7 Å². The summed E-state index contributed by atoms with van der Waals surface area (Å²) in [4.78, 5) is 40.9. The van der Waals surface area contributed by atoms with Crippen LogP contribution in [-0.2, 0) is 20.0 Å². The van der Waals surface area contributed by atoms with Gasteiger partial charge in [0.05, 0.1) is 38.2 Å². The zero-order valence-corrected chi connectivity index (χ0v) is 20.0. The smallest absolute Gasteiger partial charge is 0.325 e. The van der Waals surface area contributed by atoms with Gasteiger partial charge in [-0.15, -0.1) is 0 Å². The molecule has 0 aliphatic carbocycles. The zero-order chi connectivity index (χ0) is 24.9. The van der Waals surface area contributed by atoms with Crippen LogP contribution in [0.25, 0.3) is 0 Å². The van der Waals surface area contributed by atoms with Crippen LogP contribution in [-0.4, -0.2) is 64.0 Å². The Morgan fingerprint density at radius 1 is 1.23 bits per heavy atom. The van der Waals surface area contributed by atoms with Crippen LogP contribution in [0.5, 0.6) is 11.9 Å². The molecule has 3 aromatic heterocycles. The number of anilines is 3. The summed E-state index contributed by atoms with van der Waals surface area (Å²) in [6.45, 7) is 1.05. The third-order valence-electron chi connectivity index (χ3n) is 4.96. The Hall–Kier alpha value is -4.45. The van der Waals surface area contributed by atoms with Crippen molar-refractivity contribution in [2.24, 2.45) is 7.05 Å². The Balaban J connectivity index is 1.43. The molecule has 0 radical (unpaired) electrons. The molecule has 1 aliphatic heterocycles. The van der Waals surface area contributed by atoms with Crippen molar-refractivity contribution in [2.45, 2.75) is 13.0 Å². The summed E-state index contributed by atoms with van der Waals surface area (Å²) in [7, 11) is 4.64. The van der Waals surface area contributed by atoms with Gasteiger partial charge in [0, 0.05) is 37.2 Å². The summed E-state index contributed by atoms with van der Waals surface area (Å²) in [5.41, 5.74) is 1.11. The largest absolute Gasteiger partial charge is 0.481 e. The molecule has 0 aromatic carbocycles. The molecule has 14 nitrogen and oxygen atoms in total. The highest BCUT2D eigenvalue weighted by atomic mass is 32.1. The van der Waals surface area contributed by atoms with E-state index in [0.29, 0.717) is 36.3 Å². The predicted molar refractivity (Wildman–Crippen MR) is 126 cm³/mol. The van der Waals surface area contributed by atoms with E-state index >= 15 is 0 Å². The normalized spacial score (nSPS) is 12.3. The predicted octanol–water partition coefficient (Wildman–Crippen LogP) is 1.14. The second-order valence-corrected chi connectivity index (χ2v) is 8.38. The number of nitriles is 1. The van der Waals surface area contributed by atoms with Gasteiger partial charge in [-0.1, -0.05) is 11.3 Å². The molecule has 3 aromatic rings. The molecular weight excluding hydrogens is 476 g/mol. The number of aryl methyl sites for hydroxylation is 1. The summed E-state index contributed by atoms with van der Waals surface area (Å²) < 4.78 is 11.8. The number of nitrogens with zero attached hydrogens (tertiary/aromatic N) is 7. The molecule has 4 rings (SSSR count). The van der Waals surface area contributed by atoms with Crippen molar-refractivity contribution < 1.29 is 19.1 Å². The van der Waals surface area contributed by atoms with E-state index in [2.05, 4.69) is 40.9 Å². The number of amides is 3. The van der Waals surface area contributed by atoms with E-state index in [-0.39, 0.29) is 23.9 Å². The van der Waals surface area contributed by atoms with Crippen LogP contribution in [0.2, 0.25) is 0 Å². The molecule has 4 heterocycles. The highest BCUT2D eigenvalue weighted by Crippen LogP contribution is 2.31. The topological polar surface area (TPSA) is 172 Å². The average molecular weight is 499 g/mol. The lowest BCUT2D eigenvalue weighted by Gasteiger charge is -2.27. The molecule has 3 N–H and O–H groups in total. The van der Waals surface area contributed by atoms with Crippen LogP contribution in [0.3, 0.4) is 0 Å². The number of carbonyl (C=O) groups excluding carboxylic acids is 2. The van der Waals surface area contributed by atoms with E-state index in [9.17, 15) is 9.59 Å². The summed E-state index contributed by atoms with van der Waals surface area (Å²) in [6, 6.07) is 3.20. The first-order valence-corrected chi connectivity index (χ1v) is 11.2. The zero-order valence-electron chi connectivity index (χ0n) is 19.2. The highest BCUT2D eigenvalue weighted by Gasteiger charge is 2.24. The van der Waals surface area contributed by atoms with Gasteiger partial charge < -0.3 is 25.0 Å². The fraction of sp³-hybridized carbons (Fsp3) is 0.350. The van der Waals surface area contributed by atoms with Crippen molar-refractivity contribution in [2.75, 3.05) is 42.8 Å². The maximum atomic E-state index is 12.6. The van der Waals surface area contributed by atoms with Crippen LogP contribution in [0.15, 0.2) is 12.3 Å². The summed E-state index contributed by atoms with van der Waals surface area (Å²) in [5.74, 6) is 0.501. The van der Waals surface area contributed by atoms with E-state index in [1.54, 1.807) is 13.1 Å². The molecule has 3 amide bonds. The van der Waals surface area contributed by atoms with Crippen molar-refractivity contribution in [3.8, 4) is 18.0 Å². The lowest BCUT2D eigenvalue weighted by Crippen LogP contribution is -2.30. The molecule has 0 saturated heterocycles. The molecule has 182 valence electrons. The van der Waals surface area contributed by atoms with Crippen LogP contribution in [0.4, 0.5) is 21.4 Å². The molecule has 0 atom stereocenters. The number of ether oxygens (including phenoxy) is 2. The first-order chi connectivity index (χ1) is 16.9. The van der Waals surface area contributed by atoms with Crippen molar-refractivity contribution in [1.29, 1.82) is 5.26 Å².